The zero-order valence-electron chi connectivity index (χ0n) is 17.2. The number of nitrogens with two attached hydrogens (primary N) is 1. The van der Waals surface area contributed by atoms with Gasteiger partial charge in [0.1, 0.15) is 11.5 Å². The molecular weight excluding hydrogens is 394 g/mol. The number of rotatable bonds is 7. The highest BCUT2D eigenvalue weighted by atomic mass is 16.5. The van der Waals surface area contributed by atoms with Crippen molar-refractivity contribution in [1.82, 2.24) is 24.9 Å². The first kappa shape index (κ1) is 20.3. The van der Waals surface area contributed by atoms with Gasteiger partial charge in [-0.1, -0.05) is 30.3 Å². The predicted octanol–water partition coefficient (Wildman–Crippen LogP) is 2.98. The minimum atomic E-state index is -0.520. The number of aromatic amines is 1. The van der Waals surface area contributed by atoms with E-state index >= 15 is 0 Å². The fraction of sp³-hybridized carbons (Fsp3) is 0.182. The summed E-state index contributed by atoms with van der Waals surface area (Å²) < 4.78 is 5.33. The standard InChI is InChI=1S/C22H23N7O2/c1-13(30)11-26-22-24-9-8-16(27-22)19-18(15-10-17(31-2)20(23)25-12-15)28-21(29-19)14-6-4-3-5-7-14/h3-10,12-13,30H,11H2,1-2H3,(H2,23,25)(H,28,29)(H,24,26,27). The third-order valence-electron chi connectivity index (χ3n) is 4.59. The van der Waals surface area contributed by atoms with Crippen LogP contribution in [0.2, 0.25) is 0 Å². The molecule has 158 valence electrons. The third-order valence-corrected chi connectivity index (χ3v) is 4.59. The summed E-state index contributed by atoms with van der Waals surface area (Å²) in [6.45, 7) is 2.03. The van der Waals surface area contributed by atoms with Crippen LogP contribution in [0.15, 0.2) is 54.9 Å². The van der Waals surface area contributed by atoms with E-state index in [0.29, 0.717) is 47.0 Å². The van der Waals surface area contributed by atoms with Crippen LogP contribution in [0.4, 0.5) is 11.8 Å². The van der Waals surface area contributed by atoms with E-state index in [9.17, 15) is 5.11 Å². The van der Waals surface area contributed by atoms with Crippen molar-refractivity contribution in [3.8, 4) is 39.8 Å². The molecular formula is C22H23N7O2. The Labute approximate surface area is 179 Å². The number of hydrogen-bond acceptors (Lipinski definition) is 8. The van der Waals surface area contributed by atoms with Gasteiger partial charge in [-0.05, 0) is 19.1 Å². The van der Waals surface area contributed by atoms with Gasteiger partial charge in [-0.3, -0.25) is 0 Å². The minimum Gasteiger partial charge on any atom is -0.493 e. The number of aliphatic hydroxyl groups is 1. The van der Waals surface area contributed by atoms with Crippen molar-refractivity contribution in [2.45, 2.75) is 13.0 Å². The van der Waals surface area contributed by atoms with Gasteiger partial charge in [0.25, 0.3) is 0 Å². The van der Waals surface area contributed by atoms with Crippen molar-refractivity contribution in [3.05, 3.63) is 54.9 Å². The van der Waals surface area contributed by atoms with Crippen LogP contribution in [0.1, 0.15) is 6.92 Å². The number of nitrogens with zero attached hydrogens (tertiary/aromatic N) is 4. The molecule has 5 N–H and O–H groups in total. The fourth-order valence-corrected chi connectivity index (χ4v) is 3.07. The van der Waals surface area contributed by atoms with E-state index in [1.165, 1.54) is 0 Å². The summed E-state index contributed by atoms with van der Waals surface area (Å²) in [4.78, 5) is 21.3. The Hall–Kier alpha value is -3.98. The van der Waals surface area contributed by atoms with E-state index in [4.69, 9.17) is 15.5 Å². The van der Waals surface area contributed by atoms with E-state index in [1.54, 1.807) is 38.6 Å². The maximum Gasteiger partial charge on any atom is 0.223 e. The number of H-pyrrole nitrogens is 1. The summed E-state index contributed by atoms with van der Waals surface area (Å²) in [7, 11) is 1.54. The highest BCUT2D eigenvalue weighted by Crippen LogP contribution is 2.34. The van der Waals surface area contributed by atoms with Crippen LogP contribution in [0, 0.1) is 0 Å². The summed E-state index contributed by atoms with van der Waals surface area (Å²) >= 11 is 0. The number of imidazole rings is 1. The molecule has 9 heteroatoms. The van der Waals surface area contributed by atoms with Gasteiger partial charge >= 0.3 is 0 Å². The number of aliphatic hydroxyl groups excluding tert-OH is 1. The van der Waals surface area contributed by atoms with E-state index in [1.807, 2.05) is 30.3 Å². The lowest BCUT2D eigenvalue weighted by Gasteiger charge is -2.09. The zero-order valence-corrected chi connectivity index (χ0v) is 17.2. The van der Waals surface area contributed by atoms with Crippen molar-refractivity contribution in [3.63, 3.8) is 0 Å². The summed E-state index contributed by atoms with van der Waals surface area (Å²) in [6, 6.07) is 13.4. The second-order valence-corrected chi connectivity index (χ2v) is 6.98. The molecule has 4 rings (SSSR count). The Bertz CT molecular complexity index is 1180. The maximum absolute atomic E-state index is 9.53. The number of nitrogens with one attached hydrogen (secondary N) is 2. The Kier molecular flexibility index (Phi) is 5.76. The highest BCUT2D eigenvalue weighted by Gasteiger charge is 2.18. The Morgan fingerprint density at radius 2 is 1.94 bits per heavy atom. The molecule has 0 saturated carbocycles. The van der Waals surface area contributed by atoms with Crippen LogP contribution < -0.4 is 15.8 Å². The molecule has 0 aliphatic rings. The Morgan fingerprint density at radius 1 is 1.13 bits per heavy atom. The molecule has 0 fully saturated rings. The molecule has 0 aliphatic heterocycles. The zero-order chi connectivity index (χ0) is 21.8. The van der Waals surface area contributed by atoms with Gasteiger partial charge < -0.3 is 25.9 Å². The quantitative estimate of drug-likeness (QED) is 0.360. The molecule has 0 saturated heterocycles. The molecule has 0 aliphatic carbocycles. The second kappa shape index (κ2) is 8.80. The molecule has 3 aromatic heterocycles. The first-order chi connectivity index (χ1) is 15.0. The summed E-state index contributed by atoms with van der Waals surface area (Å²) in [5.74, 6) is 1.87. The fourth-order valence-electron chi connectivity index (χ4n) is 3.07. The molecule has 0 spiro atoms. The minimum absolute atomic E-state index is 0.304. The van der Waals surface area contributed by atoms with Crippen LogP contribution >= 0.6 is 0 Å². The molecule has 1 aromatic carbocycles. The Morgan fingerprint density at radius 3 is 2.68 bits per heavy atom. The molecule has 9 nitrogen and oxygen atoms in total. The lowest BCUT2D eigenvalue weighted by Crippen LogP contribution is -2.16. The highest BCUT2D eigenvalue weighted by molar-refractivity contribution is 5.80. The molecule has 31 heavy (non-hydrogen) atoms. The lowest BCUT2D eigenvalue weighted by molar-refractivity contribution is 0.208. The van der Waals surface area contributed by atoms with Gasteiger partial charge in [-0.25, -0.2) is 19.9 Å². The number of aromatic nitrogens is 5. The second-order valence-electron chi connectivity index (χ2n) is 6.98. The number of methoxy groups -OCH3 is 1. The maximum atomic E-state index is 9.53. The molecule has 4 aromatic rings. The molecule has 0 radical (unpaired) electrons. The van der Waals surface area contributed by atoms with Crippen LogP contribution in [-0.2, 0) is 0 Å². The largest absolute Gasteiger partial charge is 0.493 e. The predicted molar refractivity (Wildman–Crippen MR) is 119 cm³/mol. The van der Waals surface area contributed by atoms with Crippen LogP contribution in [0.3, 0.4) is 0 Å². The number of hydrogen-bond donors (Lipinski definition) is 4. The monoisotopic (exact) mass is 417 g/mol. The number of benzene rings is 1. The smallest absolute Gasteiger partial charge is 0.223 e. The first-order valence-corrected chi connectivity index (χ1v) is 9.76. The van der Waals surface area contributed by atoms with Gasteiger partial charge in [0.05, 0.1) is 24.6 Å². The van der Waals surface area contributed by atoms with Crippen molar-refractivity contribution in [2.75, 3.05) is 24.7 Å². The van der Waals surface area contributed by atoms with Gasteiger partial charge in [0.2, 0.25) is 5.95 Å². The van der Waals surface area contributed by atoms with Crippen LogP contribution in [0.5, 0.6) is 5.75 Å². The number of anilines is 2. The summed E-state index contributed by atoms with van der Waals surface area (Å²) in [5.41, 5.74) is 9.56. The average molecular weight is 417 g/mol. The van der Waals surface area contributed by atoms with Gasteiger partial charge in [-0.15, -0.1) is 0 Å². The number of ether oxygens (including phenoxy) is 1. The van der Waals surface area contributed by atoms with E-state index in [0.717, 1.165) is 11.1 Å². The van der Waals surface area contributed by atoms with Gasteiger partial charge in [0.15, 0.2) is 11.6 Å². The van der Waals surface area contributed by atoms with Crippen LogP contribution in [0.25, 0.3) is 34.0 Å². The van der Waals surface area contributed by atoms with Crippen LogP contribution in [-0.4, -0.2) is 49.8 Å². The summed E-state index contributed by atoms with van der Waals surface area (Å²) in [5, 5.41) is 12.6. The third kappa shape index (κ3) is 4.46. The van der Waals surface area contributed by atoms with E-state index < -0.39 is 6.10 Å². The molecule has 0 bridgehead atoms. The van der Waals surface area contributed by atoms with Crippen molar-refractivity contribution in [2.24, 2.45) is 0 Å². The Balaban J connectivity index is 1.83. The lowest BCUT2D eigenvalue weighted by atomic mass is 10.1. The normalized spacial score (nSPS) is 11.8. The van der Waals surface area contributed by atoms with Crippen molar-refractivity contribution >= 4 is 11.8 Å². The van der Waals surface area contributed by atoms with E-state index in [-0.39, 0.29) is 0 Å². The SMILES string of the molecule is COc1cc(-c2nc(-c3ccccc3)[nH]c2-c2ccnc(NCC(C)O)n2)cnc1N. The first-order valence-electron chi connectivity index (χ1n) is 9.76. The molecule has 0 amide bonds. The topological polar surface area (TPSA) is 135 Å². The van der Waals surface area contributed by atoms with Crippen molar-refractivity contribution in [1.29, 1.82) is 0 Å². The average Bonchev–Trinajstić information content (AvgIpc) is 3.24. The number of nitrogen functional groups attached to an aromatic ring is 1. The number of pyridine rings is 1. The van der Waals surface area contributed by atoms with Crippen molar-refractivity contribution < 1.29 is 9.84 Å². The summed E-state index contributed by atoms with van der Waals surface area (Å²) in [6.07, 6.45) is 2.79. The molecule has 1 unspecified atom stereocenters. The van der Waals surface area contributed by atoms with E-state index in [2.05, 4.69) is 25.3 Å². The molecule has 1 atom stereocenters. The van der Waals surface area contributed by atoms with Gasteiger partial charge in [0, 0.05) is 30.1 Å². The van der Waals surface area contributed by atoms with Gasteiger partial charge in [-0.2, -0.15) is 0 Å². The molecule has 3 heterocycles.